The quantitative estimate of drug-likeness (QED) is 0.690. The van der Waals surface area contributed by atoms with E-state index in [4.69, 9.17) is 11.6 Å². The summed E-state index contributed by atoms with van der Waals surface area (Å²) in [6, 6.07) is 1.02. The fourth-order valence-electron chi connectivity index (χ4n) is 2.02. The van der Waals surface area contributed by atoms with Crippen LogP contribution in [-0.4, -0.2) is 53.8 Å². The lowest BCUT2D eigenvalue weighted by Crippen LogP contribution is -2.50. The molecule has 1 saturated heterocycles. The van der Waals surface area contributed by atoms with Crippen LogP contribution in [0.5, 0.6) is 0 Å². The van der Waals surface area contributed by atoms with Gasteiger partial charge in [-0.2, -0.15) is 0 Å². The van der Waals surface area contributed by atoms with Crippen LogP contribution in [0.1, 0.15) is 26.7 Å². The van der Waals surface area contributed by atoms with Crippen molar-refractivity contribution >= 4 is 17.5 Å². The summed E-state index contributed by atoms with van der Waals surface area (Å²) >= 11 is 5.57. The second-order valence-corrected chi connectivity index (χ2v) is 4.80. The molecule has 0 aliphatic carbocycles. The Morgan fingerprint density at radius 3 is 2.80 bits per heavy atom. The summed E-state index contributed by atoms with van der Waals surface area (Å²) in [6.45, 7) is 6.07. The van der Waals surface area contributed by atoms with Gasteiger partial charge in [0.15, 0.2) is 0 Å². The molecule has 0 radical (unpaired) electrons. The molecule has 0 aromatic rings. The van der Waals surface area contributed by atoms with Gasteiger partial charge in [0.25, 0.3) is 0 Å². The van der Waals surface area contributed by atoms with E-state index in [2.05, 4.69) is 25.8 Å². The summed E-state index contributed by atoms with van der Waals surface area (Å²) in [7, 11) is 2.13. The Bertz CT molecular complexity index is 221. The van der Waals surface area contributed by atoms with Crippen molar-refractivity contribution in [2.24, 2.45) is 0 Å². The Morgan fingerprint density at radius 2 is 2.27 bits per heavy atom. The number of hydrogen-bond acceptors (Lipinski definition) is 2. The number of piperidine rings is 1. The first-order chi connectivity index (χ1) is 7.06. The van der Waals surface area contributed by atoms with Gasteiger partial charge in [0, 0.05) is 25.2 Å². The Hall–Kier alpha value is -0.280. The molecule has 1 rings (SSSR count). The van der Waals surface area contributed by atoms with Gasteiger partial charge in [-0.15, -0.1) is 11.6 Å². The first-order valence-electron chi connectivity index (χ1n) is 5.62. The van der Waals surface area contributed by atoms with Gasteiger partial charge in [0.1, 0.15) is 5.88 Å². The number of halogens is 1. The average molecular weight is 233 g/mol. The monoisotopic (exact) mass is 232 g/mol. The highest BCUT2D eigenvalue weighted by Gasteiger charge is 2.26. The molecule has 0 unspecified atom stereocenters. The predicted molar refractivity (Wildman–Crippen MR) is 63.2 cm³/mol. The fraction of sp³-hybridized carbons (Fsp3) is 0.909. The van der Waals surface area contributed by atoms with Crippen molar-refractivity contribution in [3.63, 3.8) is 0 Å². The van der Waals surface area contributed by atoms with E-state index in [9.17, 15) is 4.79 Å². The van der Waals surface area contributed by atoms with Gasteiger partial charge < -0.3 is 4.90 Å². The highest BCUT2D eigenvalue weighted by molar-refractivity contribution is 6.27. The summed E-state index contributed by atoms with van der Waals surface area (Å²) < 4.78 is 0. The van der Waals surface area contributed by atoms with Crippen LogP contribution in [0.25, 0.3) is 0 Å². The zero-order valence-electron chi connectivity index (χ0n) is 9.87. The van der Waals surface area contributed by atoms with E-state index >= 15 is 0 Å². The van der Waals surface area contributed by atoms with Crippen LogP contribution in [0, 0.1) is 0 Å². The number of nitrogens with zero attached hydrogens (tertiary/aromatic N) is 2. The minimum atomic E-state index is 0.0681. The third kappa shape index (κ3) is 3.35. The molecule has 88 valence electrons. The average Bonchev–Trinajstić information content (AvgIpc) is 2.27. The van der Waals surface area contributed by atoms with Crippen molar-refractivity contribution in [3.8, 4) is 0 Å². The molecule has 0 aromatic carbocycles. The number of carbonyl (C=O) groups excluding carboxylic acids is 1. The molecule has 1 heterocycles. The van der Waals surface area contributed by atoms with Gasteiger partial charge in [-0.3, -0.25) is 9.69 Å². The standard InChI is InChI=1S/C11H21ClN2O/c1-9(2)13(3)10-5-4-6-14(8-10)11(15)7-12/h9-10H,4-8H2,1-3H3/t10-/m0/s1. The number of carbonyl (C=O) groups is 1. The molecule has 0 aromatic heterocycles. The van der Waals surface area contributed by atoms with Crippen LogP contribution in [0.4, 0.5) is 0 Å². The normalized spacial score (nSPS) is 22.5. The topological polar surface area (TPSA) is 23.6 Å². The minimum absolute atomic E-state index is 0.0681. The van der Waals surface area contributed by atoms with Crippen LogP contribution in [0.3, 0.4) is 0 Å². The van der Waals surface area contributed by atoms with Crippen molar-refractivity contribution < 1.29 is 4.79 Å². The Morgan fingerprint density at radius 1 is 1.60 bits per heavy atom. The Balaban J connectivity index is 2.52. The molecular formula is C11H21ClN2O. The number of amides is 1. The maximum atomic E-state index is 11.5. The molecule has 0 spiro atoms. The second kappa shape index (κ2) is 5.71. The van der Waals surface area contributed by atoms with E-state index < -0.39 is 0 Å². The summed E-state index contributed by atoms with van der Waals surface area (Å²) in [5, 5.41) is 0. The molecular weight excluding hydrogens is 212 g/mol. The summed E-state index contributed by atoms with van der Waals surface area (Å²) in [4.78, 5) is 15.7. The zero-order chi connectivity index (χ0) is 11.4. The highest BCUT2D eigenvalue weighted by atomic mass is 35.5. The highest BCUT2D eigenvalue weighted by Crippen LogP contribution is 2.16. The van der Waals surface area contributed by atoms with E-state index in [0.29, 0.717) is 12.1 Å². The lowest BCUT2D eigenvalue weighted by Gasteiger charge is -2.39. The van der Waals surface area contributed by atoms with E-state index in [-0.39, 0.29) is 11.8 Å². The first kappa shape index (κ1) is 12.8. The molecule has 4 heteroatoms. The number of alkyl halides is 1. The van der Waals surface area contributed by atoms with Crippen molar-refractivity contribution in [1.29, 1.82) is 0 Å². The SMILES string of the molecule is CC(C)N(C)[C@H]1CCCN(C(=O)CCl)C1. The van der Waals surface area contributed by atoms with E-state index in [0.717, 1.165) is 19.5 Å². The molecule has 0 bridgehead atoms. The van der Waals surface area contributed by atoms with Crippen LogP contribution in [-0.2, 0) is 4.79 Å². The first-order valence-corrected chi connectivity index (χ1v) is 6.15. The summed E-state index contributed by atoms with van der Waals surface area (Å²) in [5.74, 6) is 0.177. The second-order valence-electron chi connectivity index (χ2n) is 4.53. The van der Waals surface area contributed by atoms with Gasteiger partial charge >= 0.3 is 0 Å². The summed E-state index contributed by atoms with van der Waals surface area (Å²) in [6.07, 6.45) is 2.27. The van der Waals surface area contributed by atoms with Crippen molar-refractivity contribution in [2.75, 3.05) is 26.0 Å². The molecule has 0 saturated carbocycles. The third-order valence-electron chi connectivity index (χ3n) is 3.25. The fourth-order valence-corrected chi connectivity index (χ4v) is 2.19. The molecule has 1 fully saturated rings. The van der Waals surface area contributed by atoms with E-state index in [1.807, 2.05) is 4.90 Å². The van der Waals surface area contributed by atoms with Crippen LogP contribution in [0.2, 0.25) is 0 Å². The van der Waals surface area contributed by atoms with E-state index in [1.54, 1.807) is 0 Å². The molecule has 1 aliphatic rings. The van der Waals surface area contributed by atoms with Gasteiger partial charge in [-0.1, -0.05) is 0 Å². The van der Waals surface area contributed by atoms with Crippen LogP contribution < -0.4 is 0 Å². The number of likely N-dealkylation sites (N-methyl/N-ethyl adjacent to an activating group) is 1. The molecule has 3 nitrogen and oxygen atoms in total. The van der Waals surface area contributed by atoms with Crippen molar-refractivity contribution in [3.05, 3.63) is 0 Å². The molecule has 0 N–H and O–H groups in total. The van der Waals surface area contributed by atoms with Gasteiger partial charge in [0.2, 0.25) is 5.91 Å². The lowest BCUT2D eigenvalue weighted by atomic mass is 10.0. The molecule has 1 atom stereocenters. The maximum Gasteiger partial charge on any atom is 0.237 e. The van der Waals surface area contributed by atoms with Crippen LogP contribution in [0.15, 0.2) is 0 Å². The minimum Gasteiger partial charge on any atom is -0.340 e. The Kier molecular flexibility index (Phi) is 4.87. The van der Waals surface area contributed by atoms with Gasteiger partial charge in [0.05, 0.1) is 0 Å². The third-order valence-corrected chi connectivity index (χ3v) is 3.48. The van der Waals surface area contributed by atoms with Crippen molar-refractivity contribution in [2.45, 2.75) is 38.8 Å². The number of likely N-dealkylation sites (tertiary alicyclic amines) is 1. The zero-order valence-corrected chi connectivity index (χ0v) is 10.6. The van der Waals surface area contributed by atoms with Gasteiger partial charge in [-0.25, -0.2) is 0 Å². The lowest BCUT2D eigenvalue weighted by molar-refractivity contribution is -0.130. The number of hydrogen-bond donors (Lipinski definition) is 0. The molecule has 1 amide bonds. The Labute approximate surface area is 97.4 Å². The smallest absolute Gasteiger partial charge is 0.237 e. The van der Waals surface area contributed by atoms with E-state index in [1.165, 1.54) is 6.42 Å². The maximum absolute atomic E-state index is 11.5. The van der Waals surface area contributed by atoms with Crippen molar-refractivity contribution in [1.82, 2.24) is 9.80 Å². The summed E-state index contributed by atoms with van der Waals surface area (Å²) in [5.41, 5.74) is 0. The largest absolute Gasteiger partial charge is 0.340 e. The molecule has 1 aliphatic heterocycles. The predicted octanol–water partition coefficient (Wildman–Crippen LogP) is 1.56. The number of rotatable bonds is 3. The van der Waals surface area contributed by atoms with Gasteiger partial charge in [-0.05, 0) is 33.7 Å². The van der Waals surface area contributed by atoms with Crippen LogP contribution >= 0.6 is 11.6 Å². The molecule has 15 heavy (non-hydrogen) atoms.